The van der Waals surface area contributed by atoms with E-state index in [2.05, 4.69) is 23.8 Å². The molecule has 31 heavy (non-hydrogen) atoms. The van der Waals surface area contributed by atoms with E-state index in [-0.39, 0.29) is 29.0 Å². The molecule has 162 valence electrons. The minimum absolute atomic E-state index is 0.106. The molecule has 2 aromatic carbocycles. The van der Waals surface area contributed by atoms with Gasteiger partial charge in [-0.3, -0.25) is 10.1 Å². The molecule has 0 aliphatic carbocycles. The summed E-state index contributed by atoms with van der Waals surface area (Å²) in [7, 11) is -3.67. The Labute approximate surface area is 189 Å². The Morgan fingerprint density at radius 3 is 2.16 bits per heavy atom. The minimum atomic E-state index is -3.67. The molecule has 0 radical (unpaired) electrons. The van der Waals surface area contributed by atoms with Crippen LogP contribution in [-0.4, -0.2) is 36.8 Å². The van der Waals surface area contributed by atoms with Crippen LogP contribution in [0.3, 0.4) is 0 Å². The third kappa shape index (κ3) is 7.29. The standard InChI is InChI=1S/C23H25N3O3S2/c1-4-16-26(17-5-2)31(28,29)21-13-11-20(12-14-21)24-23(30)25-22(27)15-10-19-8-6-18(3)7-9-19/h4-15H,1-2,16-17H2,3H3,(H2,24,25,27,30)/b15-10+. The highest BCUT2D eigenvalue weighted by Gasteiger charge is 2.22. The number of carbonyl (C=O) groups excluding carboxylic acids is 1. The van der Waals surface area contributed by atoms with Gasteiger partial charge in [-0.1, -0.05) is 42.0 Å². The highest BCUT2D eigenvalue weighted by molar-refractivity contribution is 7.89. The van der Waals surface area contributed by atoms with Crippen LogP contribution in [-0.2, 0) is 14.8 Å². The second-order valence-corrected chi connectivity index (χ2v) is 8.96. The lowest BCUT2D eigenvalue weighted by molar-refractivity contribution is -0.115. The Morgan fingerprint density at radius 2 is 1.61 bits per heavy atom. The molecule has 0 aliphatic rings. The average Bonchev–Trinajstić information content (AvgIpc) is 2.73. The van der Waals surface area contributed by atoms with E-state index in [0.29, 0.717) is 5.69 Å². The quantitative estimate of drug-likeness (QED) is 0.341. The van der Waals surface area contributed by atoms with Crippen LogP contribution < -0.4 is 10.6 Å². The van der Waals surface area contributed by atoms with E-state index in [1.807, 2.05) is 31.2 Å². The van der Waals surface area contributed by atoms with Crippen LogP contribution >= 0.6 is 12.2 Å². The normalized spacial score (nSPS) is 11.3. The number of nitrogens with zero attached hydrogens (tertiary/aromatic N) is 1. The third-order valence-corrected chi connectivity index (χ3v) is 6.21. The van der Waals surface area contributed by atoms with Crippen molar-refractivity contribution in [2.24, 2.45) is 0 Å². The van der Waals surface area contributed by atoms with Crippen molar-refractivity contribution in [3.63, 3.8) is 0 Å². The Balaban J connectivity index is 1.98. The smallest absolute Gasteiger partial charge is 0.250 e. The fraction of sp³-hybridized carbons (Fsp3) is 0.130. The SMILES string of the molecule is C=CCN(CC=C)S(=O)(=O)c1ccc(NC(=S)NC(=O)/C=C/c2ccc(C)cc2)cc1. The first-order valence-electron chi connectivity index (χ1n) is 9.45. The lowest BCUT2D eigenvalue weighted by Gasteiger charge is -2.19. The van der Waals surface area contributed by atoms with Gasteiger partial charge in [-0.25, -0.2) is 8.42 Å². The second-order valence-electron chi connectivity index (χ2n) is 6.61. The first-order chi connectivity index (χ1) is 14.8. The van der Waals surface area contributed by atoms with Crippen LogP contribution in [0.5, 0.6) is 0 Å². The van der Waals surface area contributed by atoms with Gasteiger partial charge >= 0.3 is 0 Å². The Morgan fingerprint density at radius 1 is 1.03 bits per heavy atom. The van der Waals surface area contributed by atoms with Gasteiger partial charge in [0.05, 0.1) is 4.90 Å². The number of rotatable bonds is 9. The Kier molecular flexibility index (Phi) is 8.87. The number of hydrogen-bond acceptors (Lipinski definition) is 4. The molecule has 2 aromatic rings. The summed E-state index contributed by atoms with van der Waals surface area (Å²) in [5.41, 5.74) is 2.59. The van der Waals surface area contributed by atoms with Crippen LogP contribution in [0.1, 0.15) is 11.1 Å². The van der Waals surface area contributed by atoms with Gasteiger partial charge in [0.15, 0.2) is 5.11 Å². The predicted octanol–water partition coefficient (Wildman–Crippen LogP) is 3.88. The van der Waals surface area contributed by atoms with E-state index in [0.717, 1.165) is 11.1 Å². The van der Waals surface area contributed by atoms with E-state index in [1.54, 1.807) is 18.2 Å². The van der Waals surface area contributed by atoms with Crippen LogP contribution in [0.15, 0.2) is 84.8 Å². The number of thiocarbonyl (C=S) groups is 1. The molecular weight excluding hydrogens is 430 g/mol. The lowest BCUT2D eigenvalue weighted by Crippen LogP contribution is -2.33. The van der Waals surface area contributed by atoms with Crippen LogP contribution in [0.2, 0.25) is 0 Å². The summed E-state index contributed by atoms with van der Waals surface area (Å²) in [6.07, 6.45) is 6.12. The molecule has 0 fully saturated rings. The number of aryl methyl sites for hydroxylation is 1. The molecule has 8 heteroatoms. The molecule has 0 heterocycles. The second kappa shape index (κ2) is 11.4. The molecule has 2 N–H and O–H groups in total. The molecule has 0 saturated heterocycles. The monoisotopic (exact) mass is 455 g/mol. The van der Waals surface area contributed by atoms with Gasteiger partial charge in [0, 0.05) is 24.9 Å². The van der Waals surface area contributed by atoms with Crippen molar-refractivity contribution in [2.75, 3.05) is 18.4 Å². The van der Waals surface area contributed by atoms with E-state index in [4.69, 9.17) is 12.2 Å². The number of nitrogens with one attached hydrogen (secondary N) is 2. The third-order valence-electron chi connectivity index (χ3n) is 4.16. The van der Waals surface area contributed by atoms with Gasteiger partial charge in [-0.05, 0) is 55.0 Å². The maximum atomic E-state index is 12.7. The number of anilines is 1. The molecule has 1 amide bonds. The Bertz CT molecular complexity index is 1060. The molecule has 0 aromatic heterocycles. The van der Waals surface area contributed by atoms with Crippen molar-refractivity contribution in [2.45, 2.75) is 11.8 Å². The van der Waals surface area contributed by atoms with Gasteiger partial charge in [-0.15, -0.1) is 13.2 Å². The van der Waals surface area contributed by atoms with Crippen LogP contribution in [0, 0.1) is 6.92 Å². The summed E-state index contributed by atoms with van der Waals surface area (Å²) in [5.74, 6) is -0.373. The zero-order valence-electron chi connectivity index (χ0n) is 17.2. The van der Waals surface area contributed by atoms with Gasteiger partial charge in [0.2, 0.25) is 15.9 Å². The van der Waals surface area contributed by atoms with E-state index in [1.165, 1.54) is 34.7 Å². The van der Waals surface area contributed by atoms with Crippen LogP contribution in [0.4, 0.5) is 5.69 Å². The van der Waals surface area contributed by atoms with Crippen molar-refractivity contribution in [1.29, 1.82) is 0 Å². The molecule has 0 saturated carbocycles. The maximum Gasteiger partial charge on any atom is 0.250 e. The molecule has 0 atom stereocenters. The number of sulfonamides is 1. The molecule has 0 spiro atoms. The fourth-order valence-corrected chi connectivity index (χ4v) is 4.18. The van der Waals surface area contributed by atoms with Crippen molar-refractivity contribution in [3.05, 3.63) is 91.0 Å². The number of hydrogen-bond donors (Lipinski definition) is 2. The summed E-state index contributed by atoms with van der Waals surface area (Å²) in [4.78, 5) is 12.2. The van der Waals surface area contributed by atoms with E-state index < -0.39 is 10.0 Å². The van der Waals surface area contributed by atoms with Crippen molar-refractivity contribution < 1.29 is 13.2 Å². The molecule has 2 rings (SSSR count). The van der Waals surface area contributed by atoms with Gasteiger partial charge in [-0.2, -0.15) is 4.31 Å². The molecule has 0 bridgehead atoms. The first-order valence-corrected chi connectivity index (χ1v) is 11.3. The van der Waals surface area contributed by atoms with Crippen molar-refractivity contribution >= 4 is 45.0 Å². The number of carbonyl (C=O) groups is 1. The molecule has 6 nitrogen and oxygen atoms in total. The number of amides is 1. The van der Waals surface area contributed by atoms with Gasteiger partial charge in [0.25, 0.3) is 0 Å². The highest BCUT2D eigenvalue weighted by atomic mass is 32.2. The highest BCUT2D eigenvalue weighted by Crippen LogP contribution is 2.18. The van der Waals surface area contributed by atoms with E-state index >= 15 is 0 Å². The summed E-state index contributed by atoms with van der Waals surface area (Å²) >= 11 is 5.15. The summed E-state index contributed by atoms with van der Waals surface area (Å²) < 4.78 is 26.7. The molecular formula is C23H25N3O3S2. The molecule has 0 unspecified atom stereocenters. The fourth-order valence-electron chi connectivity index (χ4n) is 2.58. The largest absolute Gasteiger partial charge is 0.332 e. The maximum absolute atomic E-state index is 12.7. The van der Waals surface area contributed by atoms with E-state index in [9.17, 15) is 13.2 Å². The average molecular weight is 456 g/mol. The van der Waals surface area contributed by atoms with Crippen LogP contribution in [0.25, 0.3) is 6.08 Å². The summed E-state index contributed by atoms with van der Waals surface area (Å²) in [6.45, 7) is 9.53. The lowest BCUT2D eigenvalue weighted by atomic mass is 10.1. The number of benzene rings is 2. The first kappa shape index (κ1) is 24.2. The van der Waals surface area contributed by atoms with Crippen molar-refractivity contribution in [1.82, 2.24) is 9.62 Å². The molecule has 0 aliphatic heterocycles. The zero-order valence-corrected chi connectivity index (χ0v) is 18.9. The van der Waals surface area contributed by atoms with Gasteiger partial charge in [0.1, 0.15) is 0 Å². The van der Waals surface area contributed by atoms with Crippen molar-refractivity contribution in [3.8, 4) is 0 Å². The summed E-state index contributed by atoms with van der Waals surface area (Å²) in [6, 6.07) is 13.8. The Hall–Kier alpha value is -3.07. The topological polar surface area (TPSA) is 78.5 Å². The zero-order chi connectivity index (χ0) is 22.9. The minimum Gasteiger partial charge on any atom is -0.332 e. The predicted molar refractivity (Wildman–Crippen MR) is 130 cm³/mol. The summed E-state index contributed by atoms with van der Waals surface area (Å²) in [5, 5.41) is 5.52. The van der Waals surface area contributed by atoms with Gasteiger partial charge < -0.3 is 5.32 Å².